The number of esters is 1. The lowest BCUT2D eigenvalue weighted by Gasteiger charge is -2.15. The van der Waals surface area contributed by atoms with E-state index < -0.39 is 12.6 Å². The van der Waals surface area contributed by atoms with Crippen LogP contribution < -0.4 is 19.5 Å². The number of benzene rings is 1. The Morgan fingerprint density at radius 2 is 1.91 bits per heavy atom. The van der Waals surface area contributed by atoms with Crippen molar-refractivity contribution in [2.75, 3.05) is 6.54 Å². The van der Waals surface area contributed by atoms with Gasteiger partial charge in [0.1, 0.15) is 0 Å². The van der Waals surface area contributed by atoms with Crippen LogP contribution in [0.5, 0.6) is 17.4 Å². The molecule has 0 spiro atoms. The molecule has 34 heavy (non-hydrogen) atoms. The number of hydrogen-bond acceptors (Lipinski definition) is 8. The molecule has 0 radical (unpaired) electrons. The summed E-state index contributed by atoms with van der Waals surface area (Å²) in [4.78, 5) is 32.6. The summed E-state index contributed by atoms with van der Waals surface area (Å²) >= 11 is 0. The fourth-order valence-electron chi connectivity index (χ4n) is 2.94. The standard InChI is InChI=1S/C23H23F2N3O6/c1-5-26-20(29)15-8-13(4)19(27-10-15)22(30)34-18-11-31-21(28-18)14-6-7-16(33-23(24)25)17(9-14)32-12(2)3/h6-12,23H,5H2,1-4H3,(H,26,29). The molecule has 0 unspecified atom stereocenters. The van der Waals surface area contributed by atoms with Crippen molar-refractivity contribution >= 4 is 11.9 Å². The van der Waals surface area contributed by atoms with Crippen molar-refractivity contribution in [1.82, 2.24) is 15.3 Å². The van der Waals surface area contributed by atoms with Gasteiger partial charge in [0.25, 0.3) is 11.8 Å². The third kappa shape index (κ3) is 6.06. The number of ether oxygens (including phenoxy) is 3. The van der Waals surface area contributed by atoms with Crippen molar-refractivity contribution in [2.45, 2.75) is 40.4 Å². The Kier molecular flexibility index (Phi) is 7.77. The van der Waals surface area contributed by atoms with Crippen molar-refractivity contribution < 1.29 is 37.0 Å². The number of oxazole rings is 1. The van der Waals surface area contributed by atoms with Gasteiger partial charge in [-0.15, -0.1) is 0 Å². The fraction of sp³-hybridized carbons (Fsp3) is 0.304. The van der Waals surface area contributed by atoms with Gasteiger partial charge in [0, 0.05) is 18.3 Å². The number of nitrogens with one attached hydrogen (secondary N) is 1. The number of halogens is 2. The summed E-state index contributed by atoms with van der Waals surface area (Å²) in [5.41, 5.74) is 1.17. The van der Waals surface area contributed by atoms with Crippen molar-refractivity contribution in [1.29, 1.82) is 0 Å². The van der Waals surface area contributed by atoms with E-state index in [1.807, 2.05) is 0 Å². The van der Waals surface area contributed by atoms with E-state index in [2.05, 4.69) is 20.0 Å². The maximum Gasteiger partial charge on any atom is 0.387 e. The van der Waals surface area contributed by atoms with Crippen molar-refractivity contribution in [3.63, 3.8) is 0 Å². The molecule has 2 heterocycles. The third-order valence-corrected chi connectivity index (χ3v) is 4.32. The first-order valence-electron chi connectivity index (χ1n) is 10.4. The van der Waals surface area contributed by atoms with Crippen LogP contribution in [0.15, 0.2) is 41.1 Å². The van der Waals surface area contributed by atoms with Gasteiger partial charge in [0.2, 0.25) is 5.89 Å². The first-order valence-corrected chi connectivity index (χ1v) is 10.4. The Bertz CT molecular complexity index is 1180. The number of nitrogens with zero attached hydrogens (tertiary/aromatic N) is 2. The predicted molar refractivity (Wildman–Crippen MR) is 116 cm³/mol. The number of alkyl halides is 2. The van der Waals surface area contributed by atoms with Gasteiger partial charge in [-0.2, -0.15) is 13.8 Å². The fourth-order valence-corrected chi connectivity index (χ4v) is 2.94. The van der Waals surface area contributed by atoms with Crippen molar-refractivity contribution in [3.05, 3.63) is 53.5 Å². The molecule has 0 fully saturated rings. The van der Waals surface area contributed by atoms with Crippen molar-refractivity contribution in [2.24, 2.45) is 0 Å². The van der Waals surface area contributed by atoms with Crippen LogP contribution in [0.2, 0.25) is 0 Å². The van der Waals surface area contributed by atoms with Crippen LogP contribution in [0.1, 0.15) is 47.2 Å². The summed E-state index contributed by atoms with van der Waals surface area (Å²) in [5, 5.41) is 2.65. The second-order valence-corrected chi connectivity index (χ2v) is 7.34. The van der Waals surface area contributed by atoms with Gasteiger partial charge in [-0.25, -0.2) is 9.78 Å². The highest BCUT2D eigenvalue weighted by atomic mass is 19.3. The highest BCUT2D eigenvalue weighted by Crippen LogP contribution is 2.34. The first kappa shape index (κ1) is 24.6. The molecule has 1 aromatic carbocycles. The zero-order valence-corrected chi connectivity index (χ0v) is 18.9. The quantitative estimate of drug-likeness (QED) is 0.453. The van der Waals surface area contributed by atoms with E-state index in [4.69, 9.17) is 13.9 Å². The predicted octanol–water partition coefficient (Wildman–Crippen LogP) is 4.40. The number of amides is 1. The molecular formula is C23H23F2N3O6. The molecule has 1 N–H and O–H groups in total. The minimum atomic E-state index is -3.01. The van der Waals surface area contributed by atoms with Gasteiger partial charge in [-0.1, -0.05) is 0 Å². The normalized spacial score (nSPS) is 10.9. The number of hydrogen-bond donors (Lipinski definition) is 1. The molecule has 0 aliphatic rings. The van der Waals surface area contributed by atoms with Crippen LogP contribution in [0.3, 0.4) is 0 Å². The van der Waals surface area contributed by atoms with Crippen LogP contribution in [0.4, 0.5) is 8.78 Å². The molecule has 0 saturated carbocycles. The van der Waals surface area contributed by atoms with E-state index in [0.717, 1.165) is 6.26 Å². The van der Waals surface area contributed by atoms with Crippen LogP contribution in [-0.4, -0.2) is 41.1 Å². The molecule has 1 amide bonds. The second kappa shape index (κ2) is 10.7. The van der Waals surface area contributed by atoms with E-state index in [0.29, 0.717) is 23.2 Å². The molecule has 0 bridgehead atoms. The molecule has 3 rings (SSSR count). The molecule has 0 aliphatic carbocycles. The summed E-state index contributed by atoms with van der Waals surface area (Å²) < 4.78 is 46.0. The Balaban J connectivity index is 1.78. The average molecular weight is 475 g/mol. The summed E-state index contributed by atoms with van der Waals surface area (Å²) in [6, 6.07) is 5.72. The SMILES string of the molecule is CCNC(=O)c1cnc(C(=O)Oc2coc(-c3ccc(OC(F)F)c(OC(C)C)c3)n2)c(C)c1. The van der Waals surface area contributed by atoms with E-state index in [1.54, 1.807) is 27.7 Å². The lowest BCUT2D eigenvalue weighted by molar-refractivity contribution is -0.0518. The minimum Gasteiger partial charge on any atom is -0.487 e. The maximum atomic E-state index is 12.7. The van der Waals surface area contributed by atoms with E-state index in [9.17, 15) is 18.4 Å². The monoisotopic (exact) mass is 475 g/mol. The molecule has 180 valence electrons. The summed E-state index contributed by atoms with van der Waals surface area (Å²) in [5.74, 6) is -1.21. The van der Waals surface area contributed by atoms with Crippen molar-refractivity contribution in [3.8, 4) is 28.8 Å². The summed E-state index contributed by atoms with van der Waals surface area (Å²) in [7, 11) is 0. The molecule has 11 heteroatoms. The van der Waals surface area contributed by atoms with Crippen LogP contribution in [0, 0.1) is 6.92 Å². The van der Waals surface area contributed by atoms with Gasteiger partial charge < -0.3 is 23.9 Å². The van der Waals surface area contributed by atoms with Gasteiger partial charge in [-0.05, 0) is 57.5 Å². The molecule has 3 aromatic rings. The zero-order valence-electron chi connectivity index (χ0n) is 18.9. The van der Waals surface area contributed by atoms with Crippen LogP contribution in [-0.2, 0) is 0 Å². The summed E-state index contributed by atoms with van der Waals surface area (Å²) in [6.45, 7) is 4.34. The lowest BCUT2D eigenvalue weighted by atomic mass is 10.1. The second-order valence-electron chi connectivity index (χ2n) is 7.34. The minimum absolute atomic E-state index is 0.0127. The molecule has 9 nitrogen and oxygen atoms in total. The highest BCUT2D eigenvalue weighted by molar-refractivity contribution is 5.96. The Hall–Kier alpha value is -4.02. The number of aryl methyl sites for hydroxylation is 1. The van der Waals surface area contributed by atoms with E-state index in [1.165, 1.54) is 30.5 Å². The Labute approximate surface area is 194 Å². The number of aromatic nitrogens is 2. The van der Waals surface area contributed by atoms with Crippen LogP contribution in [0.25, 0.3) is 11.5 Å². The van der Waals surface area contributed by atoms with E-state index >= 15 is 0 Å². The maximum absolute atomic E-state index is 12.7. The number of carbonyl (C=O) groups is 2. The van der Waals surface area contributed by atoms with Gasteiger partial charge >= 0.3 is 12.6 Å². The molecule has 0 aliphatic heterocycles. The Morgan fingerprint density at radius 3 is 2.56 bits per heavy atom. The summed E-state index contributed by atoms with van der Waals surface area (Å²) in [6.07, 6.45) is 2.10. The molecule has 2 aromatic heterocycles. The molecular weight excluding hydrogens is 452 g/mol. The van der Waals surface area contributed by atoms with Gasteiger partial charge in [0.05, 0.1) is 11.7 Å². The smallest absolute Gasteiger partial charge is 0.387 e. The third-order valence-electron chi connectivity index (χ3n) is 4.32. The topological polar surface area (TPSA) is 113 Å². The van der Waals surface area contributed by atoms with Gasteiger partial charge in [-0.3, -0.25) is 4.79 Å². The molecule has 0 saturated heterocycles. The first-order chi connectivity index (χ1) is 16.2. The average Bonchev–Trinajstić information content (AvgIpc) is 3.22. The van der Waals surface area contributed by atoms with E-state index in [-0.39, 0.29) is 41.0 Å². The number of pyridine rings is 1. The highest BCUT2D eigenvalue weighted by Gasteiger charge is 2.20. The van der Waals surface area contributed by atoms with Crippen LogP contribution >= 0.6 is 0 Å². The molecule has 0 atom stereocenters. The van der Waals surface area contributed by atoms with Gasteiger partial charge in [0.15, 0.2) is 23.5 Å². The number of rotatable bonds is 9. The number of carbonyl (C=O) groups excluding carboxylic acids is 2. The Morgan fingerprint density at radius 1 is 1.15 bits per heavy atom. The lowest BCUT2D eigenvalue weighted by Crippen LogP contribution is -2.23. The zero-order chi connectivity index (χ0) is 24.8. The largest absolute Gasteiger partial charge is 0.487 e.